The zero-order valence-corrected chi connectivity index (χ0v) is 17.9. The fourth-order valence-corrected chi connectivity index (χ4v) is 4.88. The van der Waals surface area contributed by atoms with Crippen molar-refractivity contribution in [1.29, 1.82) is 0 Å². The lowest BCUT2D eigenvalue weighted by atomic mass is 9.95. The molecule has 1 saturated heterocycles. The third-order valence-electron chi connectivity index (χ3n) is 5.40. The van der Waals surface area contributed by atoms with Gasteiger partial charge in [0.1, 0.15) is 11.5 Å². The zero-order valence-electron chi connectivity index (χ0n) is 17.1. The molecule has 6 nitrogen and oxygen atoms in total. The summed E-state index contributed by atoms with van der Waals surface area (Å²) in [5.41, 5.74) is 1.92. The molecule has 1 atom stereocenters. The van der Waals surface area contributed by atoms with Crippen LogP contribution in [0.4, 0.5) is 5.13 Å². The van der Waals surface area contributed by atoms with E-state index in [1.807, 2.05) is 48.5 Å². The maximum absolute atomic E-state index is 13.2. The highest BCUT2D eigenvalue weighted by atomic mass is 32.1. The topological polar surface area (TPSA) is 79.7 Å². The maximum Gasteiger partial charge on any atom is 0.301 e. The van der Waals surface area contributed by atoms with Crippen molar-refractivity contribution in [2.45, 2.75) is 6.04 Å². The van der Waals surface area contributed by atoms with Gasteiger partial charge in [0.15, 0.2) is 5.13 Å². The van der Waals surface area contributed by atoms with E-state index in [1.54, 1.807) is 37.4 Å². The molecule has 32 heavy (non-hydrogen) atoms. The molecule has 1 amide bonds. The second-order valence-electron chi connectivity index (χ2n) is 7.28. The minimum Gasteiger partial charge on any atom is -0.507 e. The van der Waals surface area contributed by atoms with Crippen LogP contribution in [0.1, 0.15) is 17.2 Å². The first-order valence-corrected chi connectivity index (χ1v) is 10.8. The quantitative estimate of drug-likeness (QED) is 0.275. The lowest BCUT2D eigenvalue weighted by Crippen LogP contribution is -2.29. The van der Waals surface area contributed by atoms with Crippen LogP contribution in [0.25, 0.3) is 16.0 Å². The van der Waals surface area contributed by atoms with Crippen LogP contribution >= 0.6 is 11.3 Å². The molecule has 0 bridgehead atoms. The summed E-state index contributed by atoms with van der Waals surface area (Å²) in [6.45, 7) is 0. The lowest BCUT2D eigenvalue weighted by Gasteiger charge is -2.22. The molecule has 158 valence electrons. The Bertz CT molecular complexity index is 1360. The normalized spacial score (nSPS) is 17.8. The SMILES string of the molecule is COc1ccc2nc(N3C(=O)C(=O)C(=C(O)c4ccccc4)C3c3ccccc3)sc2c1. The van der Waals surface area contributed by atoms with Gasteiger partial charge >= 0.3 is 5.91 Å². The number of methoxy groups -OCH3 is 1. The Kier molecular flexibility index (Phi) is 4.95. The molecule has 1 aliphatic rings. The molecule has 0 radical (unpaired) electrons. The van der Waals surface area contributed by atoms with E-state index in [2.05, 4.69) is 4.98 Å². The monoisotopic (exact) mass is 442 g/mol. The van der Waals surface area contributed by atoms with Gasteiger partial charge in [0, 0.05) is 5.56 Å². The zero-order chi connectivity index (χ0) is 22.2. The Hall–Kier alpha value is -3.97. The Morgan fingerprint density at radius 3 is 2.38 bits per heavy atom. The third-order valence-corrected chi connectivity index (χ3v) is 6.41. The van der Waals surface area contributed by atoms with Crippen molar-refractivity contribution in [2.24, 2.45) is 0 Å². The number of nitrogens with zero attached hydrogens (tertiary/aromatic N) is 2. The van der Waals surface area contributed by atoms with Crippen LogP contribution in [0.2, 0.25) is 0 Å². The number of thiazole rings is 1. The maximum atomic E-state index is 13.2. The molecule has 3 aromatic carbocycles. The van der Waals surface area contributed by atoms with Crippen LogP contribution < -0.4 is 9.64 Å². The molecule has 2 heterocycles. The van der Waals surface area contributed by atoms with Gasteiger partial charge in [0.05, 0.1) is 28.9 Å². The van der Waals surface area contributed by atoms with Gasteiger partial charge in [-0.15, -0.1) is 0 Å². The molecule has 0 aliphatic carbocycles. The predicted molar refractivity (Wildman–Crippen MR) is 124 cm³/mol. The number of aliphatic hydroxyl groups is 1. The number of anilines is 1. The molecule has 5 rings (SSSR count). The van der Waals surface area contributed by atoms with E-state index in [0.29, 0.717) is 27.5 Å². The van der Waals surface area contributed by atoms with Crippen LogP contribution in [0.15, 0.2) is 84.4 Å². The van der Waals surface area contributed by atoms with Gasteiger partial charge in [-0.1, -0.05) is 72.0 Å². The fourth-order valence-electron chi connectivity index (χ4n) is 3.85. The molecular formula is C25H18N2O4S. The highest BCUT2D eigenvalue weighted by molar-refractivity contribution is 7.22. The number of aliphatic hydroxyl groups excluding tert-OH is 1. The largest absolute Gasteiger partial charge is 0.507 e. The molecule has 4 aromatic rings. The van der Waals surface area contributed by atoms with Crippen molar-refractivity contribution in [3.63, 3.8) is 0 Å². The van der Waals surface area contributed by atoms with Crippen molar-refractivity contribution < 1.29 is 19.4 Å². The summed E-state index contributed by atoms with van der Waals surface area (Å²) in [7, 11) is 1.58. The van der Waals surface area contributed by atoms with Crippen LogP contribution in [0.3, 0.4) is 0 Å². The molecule has 7 heteroatoms. The number of benzene rings is 3. The van der Waals surface area contributed by atoms with Crippen LogP contribution in [-0.4, -0.2) is 28.9 Å². The van der Waals surface area contributed by atoms with Gasteiger partial charge in [-0.2, -0.15) is 0 Å². The molecule has 0 spiro atoms. The average molecular weight is 442 g/mol. The number of ketones is 1. The van der Waals surface area contributed by atoms with Gasteiger partial charge in [0.2, 0.25) is 0 Å². The Morgan fingerprint density at radius 1 is 1.00 bits per heavy atom. The number of aromatic nitrogens is 1. The van der Waals surface area contributed by atoms with E-state index in [0.717, 1.165) is 4.70 Å². The predicted octanol–water partition coefficient (Wildman–Crippen LogP) is 4.93. The van der Waals surface area contributed by atoms with E-state index in [1.165, 1.54) is 16.2 Å². The Labute approximate surface area is 188 Å². The van der Waals surface area contributed by atoms with Crippen LogP contribution in [-0.2, 0) is 9.59 Å². The molecular weight excluding hydrogens is 424 g/mol. The number of hydrogen-bond acceptors (Lipinski definition) is 6. The lowest BCUT2D eigenvalue weighted by molar-refractivity contribution is -0.132. The molecule has 0 saturated carbocycles. The number of amides is 1. The molecule has 1 aliphatic heterocycles. The van der Waals surface area contributed by atoms with Crippen molar-refractivity contribution in [3.8, 4) is 5.75 Å². The standard InChI is InChI=1S/C25H18N2O4S/c1-31-17-12-13-18-19(14-17)32-25(26-18)27-21(15-8-4-2-5-9-15)20(23(29)24(27)30)22(28)16-10-6-3-7-11-16/h2-14,21,28H,1H3. The number of Topliss-reactive ketones (excluding diaryl/α,β-unsaturated/α-hetero) is 1. The molecule has 1 N–H and O–H groups in total. The Balaban J connectivity index is 1.71. The number of rotatable bonds is 4. The highest BCUT2D eigenvalue weighted by Gasteiger charge is 2.48. The minimum absolute atomic E-state index is 0.0456. The summed E-state index contributed by atoms with van der Waals surface area (Å²) in [4.78, 5) is 32.3. The van der Waals surface area contributed by atoms with Crippen molar-refractivity contribution in [2.75, 3.05) is 12.0 Å². The number of fused-ring (bicyclic) bond motifs is 1. The highest BCUT2D eigenvalue weighted by Crippen LogP contribution is 2.44. The molecule has 1 unspecified atom stereocenters. The summed E-state index contributed by atoms with van der Waals surface area (Å²) >= 11 is 1.30. The second-order valence-corrected chi connectivity index (χ2v) is 8.29. The number of hydrogen-bond donors (Lipinski definition) is 1. The number of carbonyl (C=O) groups is 2. The summed E-state index contributed by atoms with van der Waals surface area (Å²) in [5.74, 6) is -0.985. The first-order valence-electron chi connectivity index (χ1n) is 9.94. The summed E-state index contributed by atoms with van der Waals surface area (Å²) < 4.78 is 6.12. The third kappa shape index (κ3) is 3.23. The number of ether oxygens (including phenoxy) is 1. The van der Waals surface area contributed by atoms with Crippen molar-refractivity contribution in [3.05, 3.63) is 95.6 Å². The van der Waals surface area contributed by atoms with E-state index < -0.39 is 17.7 Å². The van der Waals surface area contributed by atoms with E-state index in [4.69, 9.17) is 4.74 Å². The molecule has 1 fully saturated rings. The second kappa shape index (κ2) is 7.94. The number of carbonyl (C=O) groups excluding carboxylic acids is 2. The van der Waals surface area contributed by atoms with E-state index in [9.17, 15) is 14.7 Å². The van der Waals surface area contributed by atoms with Gasteiger partial charge in [-0.25, -0.2) is 4.98 Å². The van der Waals surface area contributed by atoms with Crippen LogP contribution in [0, 0.1) is 0 Å². The van der Waals surface area contributed by atoms with Crippen LogP contribution in [0.5, 0.6) is 5.75 Å². The van der Waals surface area contributed by atoms with Crippen molar-refractivity contribution >= 4 is 44.1 Å². The van der Waals surface area contributed by atoms with Crippen molar-refractivity contribution in [1.82, 2.24) is 4.98 Å². The van der Waals surface area contributed by atoms with E-state index >= 15 is 0 Å². The average Bonchev–Trinajstić information content (AvgIpc) is 3.37. The summed E-state index contributed by atoms with van der Waals surface area (Å²) in [6.07, 6.45) is 0. The first-order chi connectivity index (χ1) is 15.6. The van der Waals surface area contributed by atoms with Gasteiger partial charge in [-0.3, -0.25) is 14.5 Å². The summed E-state index contributed by atoms with van der Waals surface area (Å²) in [6, 6.07) is 22.6. The minimum atomic E-state index is -0.793. The summed E-state index contributed by atoms with van der Waals surface area (Å²) in [5, 5.41) is 11.4. The first kappa shape index (κ1) is 20.0. The fraction of sp³-hybridized carbons (Fsp3) is 0.0800. The van der Waals surface area contributed by atoms with Gasteiger partial charge in [-0.05, 0) is 23.8 Å². The smallest absolute Gasteiger partial charge is 0.301 e. The van der Waals surface area contributed by atoms with Gasteiger partial charge in [0.25, 0.3) is 5.78 Å². The Morgan fingerprint density at radius 2 is 1.69 bits per heavy atom. The van der Waals surface area contributed by atoms with E-state index in [-0.39, 0.29) is 11.3 Å². The van der Waals surface area contributed by atoms with Gasteiger partial charge < -0.3 is 9.84 Å². The molecule has 1 aromatic heterocycles.